The van der Waals surface area contributed by atoms with Crippen LogP contribution in [0.3, 0.4) is 0 Å². The number of rotatable bonds is 7. The zero-order valence-corrected chi connectivity index (χ0v) is 17.8. The normalized spacial score (nSPS) is 9.90. The van der Waals surface area contributed by atoms with E-state index in [1.54, 1.807) is 24.4 Å². The highest BCUT2D eigenvalue weighted by atomic mass is 35.5. The third-order valence-electron chi connectivity index (χ3n) is 3.41. The van der Waals surface area contributed by atoms with E-state index in [4.69, 9.17) is 11.6 Å². The molecule has 6 nitrogen and oxygen atoms in total. The summed E-state index contributed by atoms with van der Waals surface area (Å²) in [7, 11) is 0. The van der Waals surface area contributed by atoms with Crippen LogP contribution in [0.4, 0.5) is 17.3 Å². The van der Waals surface area contributed by atoms with Crippen LogP contribution in [0.15, 0.2) is 70.7 Å². The maximum atomic E-state index is 11.6. The molecule has 0 fully saturated rings. The van der Waals surface area contributed by atoms with Crippen molar-refractivity contribution in [1.82, 2.24) is 9.97 Å². The van der Waals surface area contributed by atoms with Crippen LogP contribution in [0.1, 0.15) is 20.3 Å². The number of aromatic hydroxyl groups is 1. The van der Waals surface area contributed by atoms with E-state index in [0.717, 1.165) is 15.6 Å². The number of carbonyl (C=O) groups is 1. The van der Waals surface area contributed by atoms with Crippen molar-refractivity contribution in [2.75, 3.05) is 16.5 Å². The molecule has 3 N–H and O–H groups in total. The number of nitrogens with one attached hydrogen (secondary N) is 2. The number of hydrogen-bond acceptors (Lipinski definition) is 6. The Morgan fingerprint density at radius 1 is 1.10 bits per heavy atom. The molecule has 3 rings (SSSR count). The van der Waals surface area contributed by atoms with E-state index >= 15 is 0 Å². The van der Waals surface area contributed by atoms with Gasteiger partial charge in [-0.1, -0.05) is 31.7 Å². The van der Waals surface area contributed by atoms with Gasteiger partial charge >= 0.3 is 0 Å². The first-order chi connectivity index (χ1) is 14.1. The van der Waals surface area contributed by atoms with Gasteiger partial charge in [0.2, 0.25) is 11.9 Å². The van der Waals surface area contributed by atoms with Gasteiger partial charge in [-0.25, -0.2) is 9.97 Å². The number of halogens is 1. The number of hydrogen-bond donors (Lipinski definition) is 3. The minimum Gasteiger partial charge on any atom is -0.508 e. The number of aromatic nitrogens is 2. The molecule has 0 radical (unpaired) electrons. The van der Waals surface area contributed by atoms with Crippen LogP contribution in [0.2, 0.25) is 0 Å². The molecule has 3 aromatic rings. The highest BCUT2D eigenvalue weighted by Crippen LogP contribution is 2.28. The zero-order chi connectivity index (χ0) is 21.1. The van der Waals surface area contributed by atoms with Crippen molar-refractivity contribution in [2.24, 2.45) is 0 Å². The monoisotopic (exact) mass is 430 g/mol. The molecule has 1 amide bonds. The van der Waals surface area contributed by atoms with Gasteiger partial charge in [-0.15, -0.1) is 11.6 Å². The molecule has 0 spiro atoms. The fourth-order valence-corrected chi connectivity index (χ4v) is 3.15. The van der Waals surface area contributed by atoms with E-state index in [2.05, 4.69) is 20.6 Å². The summed E-state index contributed by atoms with van der Waals surface area (Å²) < 4.78 is 0. The SMILES string of the molecule is CC.O=C(CCCl)Nc1ccc(Sc2ccnc(Nc3cccc(O)c3)n2)cc1. The molecule has 0 aliphatic rings. The summed E-state index contributed by atoms with van der Waals surface area (Å²) in [6.07, 6.45) is 1.95. The molecule has 0 saturated carbocycles. The quantitative estimate of drug-likeness (QED) is 0.330. The van der Waals surface area contributed by atoms with Crippen LogP contribution in [0.25, 0.3) is 0 Å². The van der Waals surface area contributed by atoms with Crippen molar-refractivity contribution in [2.45, 2.75) is 30.2 Å². The summed E-state index contributed by atoms with van der Waals surface area (Å²) >= 11 is 7.03. The smallest absolute Gasteiger partial charge is 0.228 e. The van der Waals surface area contributed by atoms with Crippen LogP contribution in [0.5, 0.6) is 5.75 Å². The molecule has 8 heteroatoms. The molecule has 0 saturated heterocycles. The summed E-state index contributed by atoms with van der Waals surface area (Å²) in [5.41, 5.74) is 1.43. The first-order valence-corrected chi connectivity index (χ1v) is 10.5. The second-order valence-corrected chi connectivity index (χ2v) is 6.98. The number of phenols is 1. The van der Waals surface area contributed by atoms with Gasteiger partial charge in [-0.05, 0) is 42.5 Å². The van der Waals surface area contributed by atoms with Crippen LogP contribution in [0, 0.1) is 0 Å². The molecule has 1 heterocycles. The molecule has 0 atom stereocenters. The van der Waals surface area contributed by atoms with E-state index in [-0.39, 0.29) is 18.1 Å². The zero-order valence-electron chi connectivity index (χ0n) is 16.2. The van der Waals surface area contributed by atoms with Gasteiger partial charge in [0, 0.05) is 40.8 Å². The Hall–Kier alpha value is -2.77. The molecule has 0 unspecified atom stereocenters. The Labute approximate surface area is 179 Å². The Bertz CT molecular complexity index is 923. The van der Waals surface area contributed by atoms with E-state index in [9.17, 15) is 9.90 Å². The van der Waals surface area contributed by atoms with Gasteiger partial charge in [0.1, 0.15) is 10.8 Å². The molecular formula is C21H23ClN4O2S. The average molecular weight is 431 g/mol. The second kappa shape index (κ2) is 11.9. The van der Waals surface area contributed by atoms with Crippen LogP contribution in [-0.4, -0.2) is 26.9 Å². The van der Waals surface area contributed by atoms with Gasteiger partial charge in [0.05, 0.1) is 0 Å². The second-order valence-electron chi connectivity index (χ2n) is 5.51. The van der Waals surface area contributed by atoms with Crippen molar-refractivity contribution in [3.63, 3.8) is 0 Å². The Morgan fingerprint density at radius 2 is 1.86 bits per heavy atom. The molecule has 0 aliphatic carbocycles. The lowest BCUT2D eigenvalue weighted by Crippen LogP contribution is -2.11. The van der Waals surface area contributed by atoms with Crippen LogP contribution >= 0.6 is 23.4 Å². The minimum atomic E-state index is -0.108. The van der Waals surface area contributed by atoms with Crippen LogP contribution < -0.4 is 10.6 Å². The van der Waals surface area contributed by atoms with Gasteiger partial charge in [0.25, 0.3) is 0 Å². The minimum absolute atomic E-state index is 0.108. The number of benzene rings is 2. The fourth-order valence-electron chi connectivity index (χ4n) is 2.21. The van der Waals surface area contributed by atoms with E-state index in [1.165, 1.54) is 11.8 Å². The Kier molecular flexibility index (Phi) is 9.27. The summed E-state index contributed by atoms with van der Waals surface area (Å²) in [4.78, 5) is 21.2. The number of anilines is 3. The van der Waals surface area contributed by atoms with E-state index in [0.29, 0.717) is 17.5 Å². The number of nitrogens with zero attached hydrogens (tertiary/aromatic N) is 2. The van der Waals surface area contributed by atoms with Gasteiger partial charge in [-0.3, -0.25) is 4.79 Å². The summed E-state index contributed by atoms with van der Waals surface area (Å²) in [5.74, 6) is 0.801. The molecule has 0 aliphatic heterocycles. The van der Waals surface area contributed by atoms with Gasteiger partial charge in [0.15, 0.2) is 0 Å². The lowest BCUT2D eigenvalue weighted by Gasteiger charge is -2.08. The third-order valence-corrected chi connectivity index (χ3v) is 4.55. The number of phenolic OH excluding ortho intramolecular Hbond substituents is 1. The highest BCUT2D eigenvalue weighted by molar-refractivity contribution is 7.99. The predicted molar refractivity (Wildman–Crippen MR) is 119 cm³/mol. The fraction of sp³-hybridized carbons (Fsp3) is 0.190. The first-order valence-electron chi connectivity index (χ1n) is 9.15. The molecular weight excluding hydrogens is 408 g/mol. The Morgan fingerprint density at radius 3 is 2.55 bits per heavy atom. The number of amides is 1. The summed E-state index contributed by atoms with van der Waals surface area (Å²) in [5, 5.41) is 16.1. The summed E-state index contributed by atoms with van der Waals surface area (Å²) in [6, 6.07) is 16.1. The summed E-state index contributed by atoms with van der Waals surface area (Å²) in [6.45, 7) is 4.00. The maximum Gasteiger partial charge on any atom is 0.228 e. The van der Waals surface area contributed by atoms with Gasteiger partial charge in [-0.2, -0.15) is 0 Å². The first kappa shape index (κ1) is 22.5. The predicted octanol–water partition coefficient (Wildman–Crippen LogP) is 5.67. The van der Waals surface area contributed by atoms with Crippen molar-refractivity contribution in [1.29, 1.82) is 0 Å². The van der Waals surface area contributed by atoms with Crippen LogP contribution in [-0.2, 0) is 4.79 Å². The van der Waals surface area contributed by atoms with Crippen molar-refractivity contribution < 1.29 is 9.90 Å². The lowest BCUT2D eigenvalue weighted by molar-refractivity contribution is -0.115. The highest BCUT2D eigenvalue weighted by Gasteiger charge is 2.05. The maximum absolute atomic E-state index is 11.6. The Balaban J connectivity index is 0.00000145. The topological polar surface area (TPSA) is 87.1 Å². The van der Waals surface area contributed by atoms with E-state index in [1.807, 2.05) is 50.2 Å². The molecule has 0 bridgehead atoms. The third kappa shape index (κ3) is 7.63. The molecule has 1 aromatic heterocycles. The molecule has 29 heavy (non-hydrogen) atoms. The van der Waals surface area contributed by atoms with Crippen molar-refractivity contribution in [3.8, 4) is 5.75 Å². The van der Waals surface area contributed by atoms with Gasteiger partial charge < -0.3 is 15.7 Å². The lowest BCUT2D eigenvalue weighted by atomic mass is 10.3. The standard InChI is InChI=1S/C19H17ClN4O2S.C2H6/c20-10-8-17(26)22-13-4-6-16(7-5-13)27-18-9-11-21-19(24-18)23-14-2-1-3-15(25)12-14;1-2/h1-7,9,11-12,25H,8,10H2,(H,22,26)(H,21,23,24);1-2H3. The number of carbonyl (C=O) groups excluding carboxylic acids is 1. The number of alkyl halides is 1. The van der Waals surface area contributed by atoms with Crippen molar-refractivity contribution >= 4 is 46.6 Å². The largest absolute Gasteiger partial charge is 0.508 e. The van der Waals surface area contributed by atoms with E-state index < -0.39 is 0 Å². The van der Waals surface area contributed by atoms with Crippen molar-refractivity contribution in [3.05, 3.63) is 60.8 Å². The average Bonchev–Trinajstić information content (AvgIpc) is 2.71. The molecule has 2 aromatic carbocycles. The molecule has 152 valence electrons.